The zero-order chi connectivity index (χ0) is 6.57. The molecule has 0 aromatic heterocycles. The van der Waals surface area contributed by atoms with Gasteiger partial charge < -0.3 is 11.5 Å². The lowest BCUT2D eigenvalue weighted by Gasteiger charge is -2.02. The maximum atomic E-state index is 10.4. The fraction of sp³-hybridized carbons (Fsp3) is 0.800. The summed E-state index contributed by atoms with van der Waals surface area (Å²) in [5.41, 5.74) is 10.4. The summed E-state index contributed by atoms with van der Waals surface area (Å²) in [4.78, 5) is 10.4. The van der Waals surface area contributed by atoms with Crippen LogP contribution in [0.25, 0.3) is 0 Å². The number of nitrogens with two attached hydrogens (primary N) is 2. The van der Waals surface area contributed by atoms with E-state index in [4.69, 9.17) is 11.5 Å². The van der Waals surface area contributed by atoms with Crippen LogP contribution in [0.15, 0.2) is 0 Å². The third-order valence-electron chi connectivity index (χ3n) is 1.000. The molecular formula is C5H12N2O. The van der Waals surface area contributed by atoms with E-state index in [-0.39, 0.29) is 11.8 Å². The summed E-state index contributed by atoms with van der Waals surface area (Å²) in [6.07, 6.45) is 0.593. The number of carbonyl (C=O) groups excluding carboxylic acids is 1. The summed E-state index contributed by atoms with van der Waals surface area (Å²) in [6.45, 7) is 1.96. The molecule has 0 saturated heterocycles. The van der Waals surface area contributed by atoms with Gasteiger partial charge in [0.2, 0.25) is 0 Å². The highest BCUT2D eigenvalue weighted by Gasteiger charge is 2.04. The molecule has 0 aliphatic rings. The number of hydrogen-bond acceptors (Lipinski definition) is 3. The first-order chi connectivity index (χ1) is 3.68. The van der Waals surface area contributed by atoms with Gasteiger partial charge in [-0.1, -0.05) is 0 Å². The van der Waals surface area contributed by atoms with Crippen LogP contribution in [0.2, 0.25) is 0 Å². The summed E-state index contributed by atoms with van der Waals surface area (Å²) in [7, 11) is 0. The van der Waals surface area contributed by atoms with E-state index in [1.807, 2.05) is 0 Å². The number of ketones is 1. The quantitative estimate of drug-likeness (QED) is 0.510. The normalized spacial score (nSPS) is 13.4. The van der Waals surface area contributed by atoms with Gasteiger partial charge in [0, 0.05) is 0 Å². The van der Waals surface area contributed by atoms with E-state index in [1.54, 1.807) is 0 Å². The molecule has 0 bridgehead atoms. The van der Waals surface area contributed by atoms with Crippen LogP contribution in [0.1, 0.15) is 13.3 Å². The lowest BCUT2D eigenvalue weighted by atomic mass is 10.1. The van der Waals surface area contributed by atoms with Crippen LogP contribution < -0.4 is 11.5 Å². The molecule has 0 aromatic carbocycles. The van der Waals surface area contributed by atoms with Gasteiger partial charge >= 0.3 is 0 Å². The Balaban J connectivity index is 3.32. The minimum atomic E-state index is -0.347. The molecule has 0 rings (SSSR count). The minimum Gasteiger partial charge on any atom is -0.330 e. The fourth-order valence-electron chi connectivity index (χ4n) is 0.383. The largest absolute Gasteiger partial charge is 0.330 e. The highest BCUT2D eigenvalue weighted by Crippen LogP contribution is 1.84. The van der Waals surface area contributed by atoms with Crippen LogP contribution in [0.3, 0.4) is 0 Å². The van der Waals surface area contributed by atoms with E-state index in [1.165, 1.54) is 6.92 Å². The predicted octanol–water partition coefficient (Wildman–Crippen LogP) is -0.748. The number of hydrogen-bond donors (Lipinski definition) is 2. The first-order valence-electron chi connectivity index (χ1n) is 2.64. The molecule has 0 aliphatic heterocycles. The molecule has 0 aliphatic carbocycles. The molecule has 0 spiro atoms. The van der Waals surface area contributed by atoms with Crippen molar-refractivity contribution in [2.45, 2.75) is 19.4 Å². The molecule has 0 radical (unpaired) electrons. The molecule has 0 fully saturated rings. The first kappa shape index (κ1) is 7.59. The van der Waals surface area contributed by atoms with Crippen LogP contribution >= 0.6 is 0 Å². The van der Waals surface area contributed by atoms with Gasteiger partial charge in [0.15, 0.2) is 0 Å². The summed E-state index contributed by atoms with van der Waals surface area (Å²) in [5, 5.41) is 0. The summed E-state index contributed by atoms with van der Waals surface area (Å²) < 4.78 is 0. The fourth-order valence-corrected chi connectivity index (χ4v) is 0.383. The van der Waals surface area contributed by atoms with Crippen molar-refractivity contribution in [3.05, 3.63) is 0 Å². The van der Waals surface area contributed by atoms with Crippen molar-refractivity contribution in [2.75, 3.05) is 6.54 Å². The molecule has 3 nitrogen and oxygen atoms in total. The SMILES string of the molecule is CC(=O)C(N)CCN. The lowest BCUT2D eigenvalue weighted by molar-refractivity contribution is -0.118. The summed E-state index contributed by atoms with van der Waals surface area (Å²) in [6, 6.07) is -0.347. The molecule has 8 heavy (non-hydrogen) atoms. The standard InChI is InChI=1S/C5H12N2O/c1-4(8)5(7)2-3-6/h5H,2-3,6-7H2,1H3. The molecule has 0 amide bonds. The van der Waals surface area contributed by atoms with Crippen molar-refractivity contribution in [3.63, 3.8) is 0 Å². The monoisotopic (exact) mass is 116 g/mol. The van der Waals surface area contributed by atoms with Crippen molar-refractivity contribution >= 4 is 5.78 Å². The second-order valence-electron chi connectivity index (χ2n) is 1.79. The van der Waals surface area contributed by atoms with Crippen molar-refractivity contribution in [3.8, 4) is 0 Å². The Morgan fingerprint density at radius 2 is 2.25 bits per heavy atom. The van der Waals surface area contributed by atoms with Crippen LogP contribution in [-0.2, 0) is 4.79 Å². The van der Waals surface area contributed by atoms with E-state index in [2.05, 4.69) is 0 Å². The number of Topliss-reactive ketones (excluding diaryl/α,β-unsaturated/α-hetero) is 1. The Morgan fingerprint density at radius 3 is 2.38 bits per heavy atom. The summed E-state index contributed by atoms with van der Waals surface area (Å²) in [5.74, 6) is 0.00968. The van der Waals surface area contributed by atoms with Crippen LogP contribution in [-0.4, -0.2) is 18.4 Å². The smallest absolute Gasteiger partial charge is 0.146 e. The van der Waals surface area contributed by atoms with E-state index >= 15 is 0 Å². The average Bonchev–Trinajstić information content (AvgIpc) is 1.67. The highest BCUT2D eigenvalue weighted by atomic mass is 16.1. The first-order valence-corrected chi connectivity index (χ1v) is 2.64. The number of carbonyl (C=O) groups is 1. The van der Waals surface area contributed by atoms with Gasteiger partial charge in [0.25, 0.3) is 0 Å². The molecular weight excluding hydrogens is 104 g/mol. The Labute approximate surface area is 49.0 Å². The molecule has 0 heterocycles. The predicted molar refractivity (Wildman–Crippen MR) is 32.3 cm³/mol. The van der Waals surface area contributed by atoms with Crippen LogP contribution in [0.5, 0.6) is 0 Å². The number of rotatable bonds is 3. The lowest BCUT2D eigenvalue weighted by Crippen LogP contribution is -2.30. The van der Waals surface area contributed by atoms with Gasteiger partial charge in [0.1, 0.15) is 5.78 Å². The molecule has 0 saturated carbocycles. The van der Waals surface area contributed by atoms with Crippen molar-refractivity contribution < 1.29 is 4.79 Å². The third-order valence-corrected chi connectivity index (χ3v) is 1.000. The van der Waals surface area contributed by atoms with Gasteiger partial charge in [0.05, 0.1) is 6.04 Å². The summed E-state index contributed by atoms with van der Waals surface area (Å²) >= 11 is 0. The van der Waals surface area contributed by atoms with Gasteiger partial charge in [-0.15, -0.1) is 0 Å². The van der Waals surface area contributed by atoms with Gasteiger partial charge in [-0.3, -0.25) is 4.79 Å². The van der Waals surface area contributed by atoms with Gasteiger partial charge in [-0.2, -0.15) is 0 Å². The third kappa shape index (κ3) is 2.71. The van der Waals surface area contributed by atoms with Gasteiger partial charge in [-0.05, 0) is 19.9 Å². The van der Waals surface area contributed by atoms with E-state index in [0.29, 0.717) is 13.0 Å². The molecule has 48 valence electrons. The molecule has 3 heteroatoms. The van der Waals surface area contributed by atoms with Gasteiger partial charge in [-0.25, -0.2) is 0 Å². The van der Waals surface area contributed by atoms with Crippen molar-refractivity contribution in [1.82, 2.24) is 0 Å². The van der Waals surface area contributed by atoms with Crippen LogP contribution in [0.4, 0.5) is 0 Å². The molecule has 4 N–H and O–H groups in total. The molecule has 0 aromatic rings. The van der Waals surface area contributed by atoms with Crippen LogP contribution in [0, 0.1) is 0 Å². The highest BCUT2D eigenvalue weighted by molar-refractivity contribution is 5.81. The maximum Gasteiger partial charge on any atom is 0.146 e. The maximum absolute atomic E-state index is 10.4. The van der Waals surface area contributed by atoms with Crippen molar-refractivity contribution in [1.29, 1.82) is 0 Å². The van der Waals surface area contributed by atoms with E-state index in [9.17, 15) is 4.79 Å². The second kappa shape index (κ2) is 3.57. The topological polar surface area (TPSA) is 69.1 Å². The minimum absolute atomic E-state index is 0.00968. The van der Waals surface area contributed by atoms with E-state index < -0.39 is 0 Å². The van der Waals surface area contributed by atoms with E-state index in [0.717, 1.165) is 0 Å². The Kier molecular flexibility index (Phi) is 3.39. The van der Waals surface area contributed by atoms with Crippen molar-refractivity contribution in [2.24, 2.45) is 11.5 Å². The zero-order valence-electron chi connectivity index (χ0n) is 5.05. The Morgan fingerprint density at radius 1 is 1.75 bits per heavy atom. The molecule has 1 atom stereocenters. The Bertz CT molecular complexity index is 82.5. The average molecular weight is 116 g/mol. The Hall–Kier alpha value is -0.410. The second-order valence-corrected chi connectivity index (χ2v) is 1.79. The zero-order valence-corrected chi connectivity index (χ0v) is 5.05. The molecule has 1 unspecified atom stereocenters.